The Labute approximate surface area is 98.5 Å². The van der Waals surface area contributed by atoms with E-state index in [9.17, 15) is 0 Å². The summed E-state index contributed by atoms with van der Waals surface area (Å²) in [6, 6.07) is 0.509. The molecule has 1 atom stereocenters. The lowest BCUT2D eigenvalue weighted by Crippen LogP contribution is -2.59. The number of guanidine groups is 1. The van der Waals surface area contributed by atoms with Gasteiger partial charge >= 0.3 is 0 Å². The molecule has 1 fully saturated rings. The zero-order chi connectivity index (χ0) is 11.8. The van der Waals surface area contributed by atoms with Gasteiger partial charge in [0.15, 0.2) is 5.96 Å². The van der Waals surface area contributed by atoms with Crippen LogP contribution in [0.1, 0.15) is 33.1 Å². The average Bonchev–Trinajstić information content (AvgIpc) is 2.60. The fourth-order valence-electron chi connectivity index (χ4n) is 2.93. The topological polar surface area (TPSA) is 44.9 Å². The third-order valence-electron chi connectivity index (χ3n) is 4.24. The highest BCUT2D eigenvalue weighted by molar-refractivity contribution is 5.81. The number of aliphatic imine (C=N–C) groups is 1. The number of hydrogen-bond donors (Lipinski definition) is 1. The predicted molar refractivity (Wildman–Crippen MR) is 67.5 cm³/mol. The molecular formula is C12H24N4. The maximum Gasteiger partial charge on any atom is 0.192 e. The highest BCUT2D eigenvalue weighted by atomic mass is 15.4. The van der Waals surface area contributed by atoms with Crippen molar-refractivity contribution in [3.63, 3.8) is 0 Å². The van der Waals surface area contributed by atoms with Gasteiger partial charge in [-0.2, -0.15) is 0 Å². The lowest BCUT2D eigenvalue weighted by atomic mass is 9.85. The molecule has 2 rings (SSSR count). The molecular weight excluding hydrogens is 200 g/mol. The van der Waals surface area contributed by atoms with E-state index in [0.717, 1.165) is 32.0 Å². The van der Waals surface area contributed by atoms with Gasteiger partial charge in [-0.1, -0.05) is 6.92 Å². The van der Waals surface area contributed by atoms with Crippen molar-refractivity contribution in [1.82, 2.24) is 9.80 Å². The third-order valence-corrected chi connectivity index (χ3v) is 4.24. The Balaban J connectivity index is 2.15. The highest BCUT2D eigenvalue weighted by Crippen LogP contribution is 2.34. The molecule has 2 N–H and O–H groups in total. The van der Waals surface area contributed by atoms with Gasteiger partial charge in [0.25, 0.3) is 0 Å². The van der Waals surface area contributed by atoms with Crippen LogP contribution < -0.4 is 5.73 Å². The number of nitrogens with zero attached hydrogens (tertiary/aromatic N) is 3. The quantitative estimate of drug-likeness (QED) is 0.757. The molecule has 2 heterocycles. The number of nitrogens with two attached hydrogens (primary N) is 1. The summed E-state index contributed by atoms with van der Waals surface area (Å²) in [5.74, 6) is 0.763. The Hall–Kier alpha value is -0.770. The zero-order valence-corrected chi connectivity index (χ0v) is 10.7. The lowest BCUT2D eigenvalue weighted by Gasteiger charge is -2.47. The Morgan fingerprint density at radius 2 is 2.06 bits per heavy atom. The van der Waals surface area contributed by atoms with E-state index in [4.69, 9.17) is 5.73 Å². The minimum atomic E-state index is 0.228. The van der Waals surface area contributed by atoms with Gasteiger partial charge in [-0.05, 0) is 33.2 Å². The molecule has 4 nitrogen and oxygen atoms in total. The molecule has 0 saturated carbocycles. The summed E-state index contributed by atoms with van der Waals surface area (Å²) >= 11 is 0. The molecule has 0 aromatic rings. The van der Waals surface area contributed by atoms with Crippen LogP contribution in [0.2, 0.25) is 0 Å². The van der Waals surface area contributed by atoms with Gasteiger partial charge in [0.1, 0.15) is 0 Å². The summed E-state index contributed by atoms with van der Waals surface area (Å²) < 4.78 is 0. The van der Waals surface area contributed by atoms with Crippen LogP contribution in [0.5, 0.6) is 0 Å². The maximum absolute atomic E-state index is 6.06. The van der Waals surface area contributed by atoms with Gasteiger partial charge in [-0.15, -0.1) is 0 Å². The monoisotopic (exact) mass is 224 g/mol. The first-order valence-corrected chi connectivity index (χ1v) is 6.37. The number of rotatable bonds is 2. The molecule has 92 valence electrons. The van der Waals surface area contributed by atoms with Crippen LogP contribution in [-0.4, -0.2) is 54.0 Å². The van der Waals surface area contributed by atoms with E-state index in [1.165, 1.54) is 12.8 Å². The molecule has 0 aromatic carbocycles. The van der Waals surface area contributed by atoms with Crippen molar-refractivity contribution < 1.29 is 0 Å². The molecule has 0 aliphatic carbocycles. The summed E-state index contributed by atoms with van der Waals surface area (Å²) in [6.07, 6.45) is 3.52. The van der Waals surface area contributed by atoms with E-state index in [-0.39, 0.29) is 5.54 Å². The second-order valence-corrected chi connectivity index (χ2v) is 5.33. The molecule has 16 heavy (non-hydrogen) atoms. The first-order chi connectivity index (χ1) is 7.59. The van der Waals surface area contributed by atoms with E-state index in [2.05, 4.69) is 35.7 Å². The first kappa shape index (κ1) is 11.7. The van der Waals surface area contributed by atoms with Crippen molar-refractivity contribution in [3.05, 3.63) is 0 Å². The van der Waals surface area contributed by atoms with Crippen LogP contribution in [0.3, 0.4) is 0 Å². The van der Waals surface area contributed by atoms with E-state index < -0.39 is 0 Å². The third kappa shape index (κ3) is 1.79. The van der Waals surface area contributed by atoms with Gasteiger partial charge in [-0.3, -0.25) is 4.99 Å². The van der Waals surface area contributed by atoms with Crippen molar-refractivity contribution in [3.8, 4) is 0 Å². The van der Waals surface area contributed by atoms with E-state index in [1.54, 1.807) is 0 Å². The molecule has 1 spiro atoms. The normalized spacial score (nSPS) is 27.2. The average molecular weight is 224 g/mol. The number of likely N-dealkylation sites (tertiary alicyclic amines) is 1. The van der Waals surface area contributed by atoms with E-state index in [0.29, 0.717) is 6.04 Å². The summed E-state index contributed by atoms with van der Waals surface area (Å²) in [4.78, 5) is 9.28. The van der Waals surface area contributed by atoms with Crippen LogP contribution in [0.15, 0.2) is 4.99 Å². The van der Waals surface area contributed by atoms with Crippen molar-refractivity contribution in [2.24, 2.45) is 10.7 Å². The molecule has 1 saturated heterocycles. The molecule has 4 heteroatoms. The molecule has 2 aliphatic heterocycles. The Morgan fingerprint density at radius 3 is 2.62 bits per heavy atom. The second-order valence-electron chi connectivity index (χ2n) is 5.33. The fraction of sp³-hybridized carbons (Fsp3) is 0.917. The Morgan fingerprint density at radius 1 is 1.44 bits per heavy atom. The molecule has 0 aromatic heterocycles. The Kier molecular flexibility index (Phi) is 3.10. The van der Waals surface area contributed by atoms with Crippen molar-refractivity contribution in [2.75, 3.05) is 26.7 Å². The molecule has 0 radical (unpaired) electrons. The molecule has 0 amide bonds. The molecule has 0 bridgehead atoms. The zero-order valence-electron chi connectivity index (χ0n) is 10.7. The number of piperidine rings is 1. The van der Waals surface area contributed by atoms with Crippen molar-refractivity contribution in [1.29, 1.82) is 0 Å². The lowest BCUT2D eigenvalue weighted by molar-refractivity contribution is 0.0748. The maximum atomic E-state index is 6.06. The number of hydrogen-bond acceptors (Lipinski definition) is 4. The van der Waals surface area contributed by atoms with Crippen LogP contribution >= 0.6 is 0 Å². The van der Waals surface area contributed by atoms with E-state index in [1.807, 2.05) is 0 Å². The Bertz CT molecular complexity index is 279. The van der Waals surface area contributed by atoms with Gasteiger partial charge in [0.05, 0.1) is 12.1 Å². The fourth-order valence-corrected chi connectivity index (χ4v) is 2.93. The predicted octanol–water partition coefficient (Wildman–Crippen LogP) is 0.880. The summed E-state index contributed by atoms with van der Waals surface area (Å²) in [6.45, 7) is 7.70. The summed E-state index contributed by atoms with van der Waals surface area (Å²) in [5, 5.41) is 0. The van der Waals surface area contributed by atoms with Crippen LogP contribution in [0.4, 0.5) is 0 Å². The smallest absolute Gasteiger partial charge is 0.192 e. The minimum absolute atomic E-state index is 0.228. The van der Waals surface area contributed by atoms with Crippen molar-refractivity contribution >= 4 is 5.96 Å². The highest BCUT2D eigenvalue weighted by Gasteiger charge is 2.45. The van der Waals surface area contributed by atoms with Gasteiger partial charge < -0.3 is 15.5 Å². The largest absolute Gasteiger partial charge is 0.370 e. The SMILES string of the molecule is CCC(C)N1C(N)=NCC12CCN(C)CC2. The minimum Gasteiger partial charge on any atom is -0.370 e. The summed E-state index contributed by atoms with van der Waals surface area (Å²) in [5.41, 5.74) is 6.29. The standard InChI is InChI=1S/C12H24N4/c1-4-10(2)16-11(13)14-9-12(16)5-7-15(3)8-6-12/h10H,4-9H2,1-3H3,(H2,13,14). The van der Waals surface area contributed by atoms with Gasteiger partial charge in [-0.25, -0.2) is 0 Å². The van der Waals surface area contributed by atoms with E-state index >= 15 is 0 Å². The second kappa shape index (κ2) is 4.24. The van der Waals surface area contributed by atoms with Gasteiger partial charge in [0.2, 0.25) is 0 Å². The van der Waals surface area contributed by atoms with Gasteiger partial charge in [0, 0.05) is 19.1 Å². The van der Waals surface area contributed by atoms with Crippen LogP contribution in [0.25, 0.3) is 0 Å². The summed E-state index contributed by atoms with van der Waals surface area (Å²) in [7, 11) is 2.19. The van der Waals surface area contributed by atoms with Crippen LogP contribution in [0, 0.1) is 0 Å². The van der Waals surface area contributed by atoms with Crippen molar-refractivity contribution in [2.45, 2.75) is 44.7 Å². The molecule has 2 aliphatic rings. The molecule has 1 unspecified atom stereocenters. The van der Waals surface area contributed by atoms with Crippen LogP contribution in [-0.2, 0) is 0 Å². The first-order valence-electron chi connectivity index (χ1n) is 6.37.